The van der Waals surface area contributed by atoms with Crippen molar-refractivity contribution in [1.82, 2.24) is 5.32 Å². The van der Waals surface area contributed by atoms with E-state index in [0.717, 1.165) is 38.5 Å². The highest BCUT2D eigenvalue weighted by molar-refractivity contribution is 5.76. The van der Waals surface area contributed by atoms with Crippen LogP contribution >= 0.6 is 0 Å². The first-order valence-corrected chi connectivity index (χ1v) is 26.2. The third-order valence-corrected chi connectivity index (χ3v) is 12.8. The lowest BCUT2D eigenvalue weighted by Gasteiger charge is -2.40. The van der Waals surface area contributed by atoms with Gasteiger partial charge in [0, 0.05) is 13.0 Å². The fourth-order valence-electron chi connectivity index (χ4n) is 8.62. The second-order valence-corrected chi connectivity index (χ2v) is 18.5. The van der Waals surface area contributed by atoms with E-state index in [9.17, 15) is 25.2 Å². The van der Waals surface area contributed by atoms with Gasteiger partial charge in [0.05, 0.1) is 25.4 Å². The van der Waals surface area contributed by atoms with Crippen LogP contribution in [0.2, 0.25) is 0 Å². The largest absolute Gasteiger partial charge is 0.391 e. The summed E-state index contributed by atoms with van der Waals surface area (Å²) in [5.41, 5.74) is 0. The van der Waals surface area contributed by atoms with Crippen LogP contribution in [-0.2, 0) is 19.0 Å². The minimum Gasteiger partial charge on any atom is -0.391 e. The van der Waals surface area contributed by atoms with Crippen LogP contribution in [0.1, 0.15) is 258 Å². The number of nitrogens with one attached hydrogen (secondary N) is 1. The number of aliphatic hydroxyl groups is 4. The van der Waals surface area contributed by atoms with Crippen LogP contribution in [0.15, 0.2) is 0 Å². The van der Waals surface area contributed by atoms with Gasteiger partial charge in [0.1, 0.15) is 24.4 Å². The van der Waals surface area contributed by atoms with E-state index < -0.39 is 42.9 Å². The van der Waals surface area contributed by atoms with Gasteiger partial charge in [0.15, 0.2) is 6.29 Å². The molecule has 0 saturated carbocycles. The van der Waals surface area contributed by atoms with Gasteiger partial charge in [-0.15, -0.1) is 0 Å². The number of aliphatic hydroxyl groups excluding tert-OH is 4. The Kier molecular flexibility index (Phi) is 40.2. The zero-order chi connectivity index (χ0) is 43.7. The van der Waals surface area contributed by atoms with Crippen LogP contribution in [0, 0.1) is 0 Å². The van der Waals surface area contributed by atoms with Crippen molar-refractivity contribution in [3.63, 3.8) is 0 Å². The monoisotopic (exact) mass is 856 g/mol. The molecule has 5 N–H and O–H groups in total. The van der Waals surface area contributed by atoms with E-state index in [0.29, 0.717) is 19.4 Å². The molecule has 0 radical (unpaired) electrons. The van der Waals surface area contributed by atoms with Gasteiger partial charge in [-0.2, -0.15) is 0 Å². The summed E-state index contributed by atoms with van der Waals surface area (Å²) >= 11 is 0. The molecule has 1 heterocycles. The first-order chi connectivity index (χ1) is 29.3. The highest BCUT2D eigenvalue weighted by atomic mass is 16.7. The smallest absolute Gasteiger partial charge is 0.220 e. The predicted octanol–water partition coefficient (Wildman–Crippen LogP) is 12.2. The molecule has 1 aliphatic heterocycles. The van der Waals surface area contributed by atoms with Gasteiger partial charge in [-0.3, -0.25) is 4.79 Å². The summed E-state index contributed by atoms with van der Waals surface area (Å²) in [4.78, 5) is 13.1. The zero-order valence-corrected chi connectivity index (χ0v) is 39.7. The lowest BCUT2D eigenvalue weighted by atomic mass is 9.99. The van der Waals surface area contributed by atoms with Crippen LogP contribution < -0.4 is 5.32 Å². The molecule has 0 aromatic rings. The van der Waals surface area contributed by atoms with Crippen LogP contribution in [0.5, 0.6) is 0 Å². The molecule has 0 aliphatic carbocycles. The summed E-state index contributed by atoms with van der Waals surface area (Å²) in [6.07, 6.45) is 39.2. The molecule has 1 amide bonds. The van der Waals surface area contributed by atoms with Crippen LogP contribution in [0.3, 0.4) is 0 Å². The molecule has 358 valence electrons. The minimum absolute atomic E-state index is 0.0443. The molecule has 1 fully saturated rings. The van der Waals surface area contributed by atoms with Crippen molar-refractivity contribution in [2.24, 2.45) is 0 Å². The third kappa shape index (κ3) is 31.9. The van der Waals surface area contributed by atoms with E-state index in [1.165, 1.54) is 186 Å². The molecule has 1 unspecified atom stereocenters. The Morgan fingerprint density at radius 3 is 1.27 bits per heavy atom. The Balaban J connectivity index is 2.26. The molecule has 1 rings (SSSR count). The molecule has 7 atom stereocenters. The second kappa shape index (κ2) is 42.2. The maximum Gasteiger partial charge on any atom is 0.220 e. The number of rotatable bonds is 45. The molecule has 60 heavy (non-hydrogen) atoms. The van der Waals surface area contributed by atoms with Gasteiger partial charge in [-0.1, -0.05) is 232 Å². The van der Waals surface area contributed by atoms with Crippen LogP contribution in [0.4, 0.5) is 0 Å². The molecular weight excluding hydrogens is 755 g/mol. The fourth-order valence-corrected chi connectivity index (χ4v) is 8.62. The van der Waals surface area contributed by atoms with Crippen molar-refractivity contribution in [1.29, 1.82) is 0 Å². The third-order valence-electron chi connectivity index (χ3n) is 12.8. The fraction of sp³-hybridized carbons (Fsp3) is 0.980. The number of carbonyl (C=O) groups excluding carboxylic acids is 1. The molecule has 0 aromatic carbocycles. The SMILES string of the molecule is CCCCCCCCCCCCCCCCCCCCCCCCCC(=O)N[C@H](COC1O[C@H](COCC)[C@H](O)[C@H](O)[C@H]1O)[C@H](O)CCCCCCCCCCCCCC. The first kappa shape index (κ1) is 57.2. The van der Waals surface area contributed by atoms with E-state index in [1.807, 2.05) is 6.92 Å². The van der Waals surface area contributed by atoms with Gasteiger partial charge >= 0.3 is 0 Å². The maximum atomic E-state index is 13.1. The average Bonchev–Trinajstić information content (AvgIpc) is 3.25. The van der Waals surface area contributed by atoms with Crippen molar-refractivity contribution in [2.75, 3.05) is 19.8 Å². The normalized spacial score (nSPS) is 20.4. The molecule has 0 aromatic heterocycles. The van der Waals surface area contributed by atoms with E-state index in [4.69, 9.17) is 14.2 Å². The molecule has 1 saturated heterocycles. The quantitative estimate of drug-likeness (QED) is 0.0382. The Labute approximate surface area is 370 Å². The zero-order valence-electron chi connectivity index (χ0n) is 39.7. The van der Waals surface area contributed by atoms with Crippen molar-refractivity contribution in [2.45, 2.75) is 301 Å². The highest BCUT2D eigenvalue weighted by Crippen LogP contribution is 2.24. The predicted molar refractivity (Wildman–Crippen MR) is 249 cm³/mol. The average molecular weight is 856 g/mol. The second-order valence-electron chi connectivity index (χ2n) is 18.5. The molecule has 0 bridgehead atoms. The summed E-state index contributed by atoms with van der Waals surface area (Å²) in [6, 6.07) is -0.681. The summed E-state index contributed by atoms with van der Waals surface area (Å²) in [6.45, 7) is 6.73. The Bertz CT molecular complexity index is 910. The first-order valence-electron chi connectivity index (χ1n) is 26.2. The van der Waals surface area contributed by atoms with Crippen molar-refractivity contribution in [3.05, 3.63) is 0 Å². The van der Waals surface area contributed by atoms with Gasteiger partial charge < -0.3 is 40.0 Å². The number of ether oxygens (including phenoxy) is 3. The lowest BCUT2D eigenvalue weighted by Crippen LogP contribution is -2.60. The van der Waals surface area contributed by atoms with Crippen molar-refractivity contribution in [3.8, 4) is 0 Å². The maximum absolute atomic E-state index is 13.1. The molecule has 1 aliphatic rings. The van der Waals surface area contributed by atoms with E-state index in [-0.39, 0.29) is 19.1 Å². The minimum atomic E-state index is -1.48. The number of carbonyl (C=O) groups is 1. The number of amides is 1. The molecule has 9 heteroatoms. The molecule has 9 nitrogen and oxygen atoms in total. The van der Waals surface area contributed by atoms with Gasteiger partial charge in [-0.05, 0) is 19.8 Å². The van der Waals surface area contributed by atoms with Gasteiger partial charge in [0.25, 0.3) is 0 Å². The van der Waals surface area contributed by atoms with Crippen LogP contribution in [0.25, 0.3) is 0 Å². The number of hydrogen-bond acceptors (Lipinski definition) is 8. The number of hydrogen-bond donors (Lipinski definition) is 5. The number of unbranched alkanes of at least 4 members (excludes halogenated alkanes) is 33. The van der Waals surface area contributed by atoms with Gasteiger partial charge in [-0.25, -0.2) is 0 Å². The van der Waals surface area contributed by atoms with Crippen molar-refractivity contribution < 1.29 is 39.4 Å². The van der Waals surface area contributed by atoms with Crippen molar-refractivity contribution >= 4 is 5.91 Å². The Hall–Kier alpha value is -0.810. The highest BCUT2D eigenvalue weighted by Gasteiger charge is 2.44. The standard InChI is InChI=1S/C51H101NO8/c1-4-7-9-11-13-15-17-19-20-21-22-23-24-25-26-27-28-29-31-33-35-37-39-41-47(54)52-44(42-59-51-50(57)49(56)48(55)46(60-51)43-58-6-3)45(53)40-38-36-34-32-30-18-16-14-12-10-8-5-2/h44-46,48-51,53,55-57H,4-43H2,1-3H3,(H,52,54)/t44-,45-,46-,48+,49+,50-,51?/m1/s1. The summed E-state index contributed by atoms with van der Waals surface area (Å²) in [7, 11) is 0. The summed E-state index contributed by atoms with van der Waals surface area (Å²) in [5, 5.41) is 45.7. The van der Waals surface area contributed by atoms with Crippen LogP contribution in [-0.4, -0.2) is 89.0 Å². The summed E-state index contributed by atoms with van der Waals surface area (Å²) < 4.78 is 17.1. The lowest BCUT2D eigenvalue weighted by molar-refractivity contribution is -0.304. The molecular formula is C51H101NO8. The Morgan fingerprint density at radius 1 is 0.517 bits per heavy atom. The summed E-state index contributed by atoms with van der Waals surface area (Å²) in [5.74, 6) is -0.115. The van der Waals surface area contributed by atoms with E-state index in [2.05, 4.69) is 19.2 Å². The topological polar surface area (TPSA) is 138 Å². The van der Waals surface area contributed by atoms with E-state index in [1.54, 1.807) is 0 Å². The molecule has 0 spiro atoms. The van der Waals surface area contributed by atoms with E-state index >= 15 is 0 Å². The Morgan fingerprint density at radius 2 is 0.883 bits per heavy atom. The van der Waals surface area contributed by atoms with Gasteiger partial charge in [0.2, 0.25) is 5.91 Å².